The van der Waals surface area contributed by atoms with Crippen molar-refractivity contribution in [2.75, 3.05) is 36.8 Å². The summed E-state index contributed by atoms with van der Waals surface area (Å²) < 4.78 is 0. The maximum absolute atomic E-state index is 12.8. The molecule has 1 fully saturated rings. The van der Waals surface area contributed by atoms with Gasteiger partial charge in [0.15, 0.2) is 0 Å². The van der Waals surface area contributed by atoms with Gasteiger partial charge in [-0.2, -0.15) is 0 Å². The quantitative estimate of drug-likeness (QED) is 0.588. The van der Waals surface area contributed by atoms with Gasteiger partial charge in [0.1, 0.15) is 0 Å². The van der Waals surface area contributed by atoms with E-state index in [-0.39, 0.29) is 24.3 Å². The maximum Gasteiger partial charge on any atom is 0.253 e. The lowest BCUT2D eigenvalue weighted by atomic mass is 9.98. The summed E-state index contributed by atoms with van der Waals surface area (Å²) in [5.74, 6) is 0.344. The number of benzene rings is 2. The fourth-order valence-corrected chi connectivity index (χ4v) is 3.59. The van der Waals surface area contributed by atoms with Crippen molar-refractivity contribution in [2.45, 2.75) is 33.1 Å². The second-order valence-corrected chi connectivity index (χ2v) is 8.29. The van der Waals surface area contributed by atoms with Crippen molar-refractivity contribution in [1.29, 1.82) is 0 Å². The van der Waals surface area contributed by atoms with Gasteiger partial charge in [-0.3, -0.25) is 14.4 Å². The Balaban J connectivity index is 1.50. The average molecular weight is 437 g/mol. The molecule has 2 aromatic carbocycles. The van der Waals surface area contributed by atoms with E-state index in [9.17, 15) is 14.4 Å². The Morgan fingerprint density at radius 2 is 1.69 bits per heavy atom. The Bertz CT molecular complexity index is 934. The van der Waals surface area contributed by atoms with Crippen molar-refractivity contribution in [2.24, 2.45) is 5.92 Å². The number of nitrogens with one attached hydrogen (secondary N) is 3. The van der Waals surface area contributed by atoms with Gasteiger partial charge in [-0.05, 0) is 67.6 Å². The van der Waals surface area contributed by atoms with E-state index in [2.05, 4.69) is 22.9 Å². The molecule has 7 nitrogen and oxygen atoms in total. The van der Waals surface area contributed by atoms with Gasteiger partial charge in [0.25, 0.3) is 11.8 Å². The van der Waals surface area contributed by atoms with Crippen LogP contribution in [0, 0.1) is 5.92 Å². The van der Waals surface area contributed by atoms with Crippen LogP contribution in [-0.2, 0) is 4.79 Å². The molecule has 0 spiro atoms. The lowest BCUT2D eigenvalue weighted by molar-refractivity contribution is -0.114. The molecule has 0 saturated carbocycles. The number of hydrogen-bond donors (Lipinski definition) is 3. The van der Waals surface area contributed by atoms with Crippen LogP contribution in [0.5, 0.6) is 0 Å². The van der Waals surface area contributed by atoms with E-state index in [1.807, 2.05) is 11.8 Å². The topological polar surface area (TPSA) is 90.5 Å². The first kappa shape index (κ1) is 23.3. The van der Waals surface area contributed by atoms with E-state index in [4.69, 9.17) is 0 Å². The summed E-state index contributed by atoms with van der Waals surface area (Å²) in [5, 5.41) is 8.71. The molecule has 0 aromatic heterocycles. The highest BCUT2D eigenvalue weighted by molar-refractivity contribution is 5.98. The second-order valence-electron chi connectivity index (χ2n) is 8.29. The summed E-state index contributed by atoms with van der Waals surface area (Å²) in [6.07, 6.45) is 2.94. The normalized spacial score (nSPS) is 14.0. The third kappa shape index (κ3) is 6.57. The van der Waals surface area contributed by atoms with Crippen molar-refractivity contribution in [3.8, 4) is 0 Å². The minimum absolute atomic E-state index is 0.00851. The number of carbonyl (C=O) groups is 3. The van der Waals surface area contributed by atoms with Gasteiger partial charge in [-0.25, -0.2) is 0 Å². The van der Waals surface area contributed by atoms with E-state index in [0.717, 1.165) is 38.0 Å². The SMILES string of the molecule is CCCNC(=O)c1ccc(NCC(=O)Nc2cccc(C(=O)N3CCC(C)CC3)c2)cc1. The van der Waals surface area contributed by atoms with Crippen LogP contribution in [0.25, 0.3) is 0 Å². The van der Waals surface area contributed by atoms with Crippen LogP contribution < -0.4 is 16.0 Å². The van der Waals surface area contributed by atoms with Gasteiger partial charge in [0.2, 0.25) is 5.91 Å². The van der Waals surface area contributed by atoms with Crippen molar-refractivity contribution in [3.63, 3.8) is 0 Å². The number of likely N-dealkylation sites (tertiary alicyclic amines) is 1. The number of nitrogens with zero attached hydrogens (tertiary/aromatic N) is 1. The number of rotatable bonds is 8. The zero-order chi connectivity index (χ0) is 22.9. The van der Waals surface area contributed by atoms with E-state index in [1.54, 1.807) is 48.5 Å². The molecule has 3 N–H and O–H groups in total. The summed E-state index contributed by atoms with van der Waals surface area (Å²) in [4.78, 5) is 39.0. The van der Waals surface area contributed by atoms with E-state index >= 15 is 0 Å². The Morgan fingerprint density at radius 3 is 2.38 bits per heavy atom. The fraction of sp³-hybridized carbons (Fsp3) is 0.400. The standard InChI is InChI=1S/C25H32N4O3/c1-3-13-26-24(31)19-7-9-21(10-8-19)27-17-23(30)28-22-6-4-5-20(16-22)25(32)29-14-11-18(2)12-15-29/h4-10,16,18,27H,3,11-15,17H2,1-2H3,(H,26,31)(H,28,30). The van der Waals surface area contributed by atoms with E-state index < -0.39 is 0 Å². The van der Waals surface area contributed by atoms with E-state index in [1.165, 1.54) is 0 Å². The lowest BCUT2D eigenvalue weighted by Gasteiger charge is -2.30. The van der Waals surface area contributed by atoms with Crippen molar-refractivity contribution < 1.29 is 14.4 Å². The van der Waals surface area contributed by atoms with Gasteiger partial charge in [0, 0.05) is 42.1 Å². The lowest BCUT2D eigenvalue weighted by Crippen LogP contribution is -2.37. The molecule has 32 heavy (non-hydrogen) atoms. The minimum atomic E-state index is -0.217. The highest BCUT2D eigenvalue weighted by Crippen LogP contribution is 2.19. The van der Waals surface area contributed by atoms with Gasteiger partial charge in [0.05, 0.1) is 6.54 Å². The molecule has 0 aliphatic carbocycles. The number of anilines is 2. The molecule has 0 unspecified atom stereocenters. The summed E-state index contributed by atoms with van der Waals surface area (Å²) in [5.41, 5.74) is 2.51. The zero-order valence-electron chi connectivity index (χ0n) is 18.8. The van der Waals surface area contributed by atoms with Crippen molar-refractivity contribution in [1.82, 2.24) is 10.2 Å². The summed E-state index contributed by atoms with van der Waals surface area (Å²) in [7, 11) is 0. The predicted molar refractivity (Wildman–Crippen MR) is 127 cm³/mol. The molecule has 2 aromatic rings. The molecule has 170 valence electrons. The third-order valence-electron chi connectivity index (χ3n) is 5.60. The van der Waals surface area contributed by atoms with Crippen LogP contribution in [0.3, 0.4) is 0 Å². The summed E-state index contributed by atoms with van der Waals surface area (Å²) >= 11 is 0. The average Bonchev–Trinajstić information content (AvgIpc) is 2.81. The van der Waals surface area contributed by atoms with Crippen LogP contribution in [0.2, 0.25) is 0 Å². The molecule has 3 rings (SSSR count). The van der Waals surface area contributed by atoms with Crippen LogP contribution in [0.4, 0.5) is 11.4 Å². The van der Waals surface area contributed by atoms with Gasteiger partial charge in [-0.1, -0.05) is 19.9 Å². The second kappa shape index (κ2) is 11.3. The van der Waals surface area contributed by atoms with Crippen LogP contribution in [0.1, 0.15) is 53.8 Å². The molecule has 0 atom stereocenters. The first-order chi connectivity index (χ1) is 15.5. The molecule has 1 saturated heterocycles. The maximum atomic E-state index is 12.8. The molecule has 0 radical (unpaired) electrons. The smallest absolute Gasteiger partial charge is 0.253 e. The minimum Gasteiger partial charge on any atom is -0.376 e. The Morgan fingerprint density at radius 1 is 0.969 bits per heavy atom. The van der Waals surface area contributed by atoms with Crippen molar-refractivity contribution in [3.05, 3.63) is 59.7 Å². The molecule has 7 heteroatoms. The number of amides is 3. The number of carbonyl (C=O) groups excluding carboxylic acids is 3. The molecular weight excluding hydrogens is 404 g/mol. The third-order valence-corrected chi connectivity index (χ3v) is 5.60. The molecule has 1 aliphatic heterocycles. The zero-order valence-corrected chi connectivity index (χ0v) is 18.8. The summed E-state index contributed by atoms with van der Waals surface area (Å²) in [6, 6.07) is 14.1. The molecule has 1 heterocycles. The highest BCUT2D eigenvalue weighted by atomic mass is 16.2. The van der Waals surface area contributed by atoms with E-state index in [0.29, 0.717) is 29.3 Å². The monoisotopic (exact) mass is 436 g/mol. The molecule has 0 bridgehead atoms. The van der Waals surface area contributed by atoms with Gasteiger partial charge in [-0.15, -0.1) is 0 Å². The van der Waals surface area contributed by atoms with Crippen molar-refractivity contribution >= 4 is 29.1 Å². The first-order valence-corrected chi connectivity index (χ1v) is 11.3. The van der Waals surface area contributed by atoms with Gasteiger partial charge < -0.3 is 20.9 Å². The Kier molecular flexibility index (Phi) is 8.25. The van der Waals surface area contributed by atoms with Crippen LogP contribution >= 0.6 is 0 Å². The first-order valence-electron chi connectivity index (χ1n) is 11.3. The largest absolute Gasteiger partial charge is 0.376 e. The fourth-order valence-electron chi connectivity index (χ4n) is 3.59. The van der Waals surface area contributed by atoms with Crippen LogP contribution in [0.15, 0.2) is 48.5 Å². The highest BCUT2D eigenvalue weighted by Gasteiger charge is 2.21. The number of piperidine rings is 1. The van der Waals surface area contributed by atoms with Crippen LogP contribution in [-0.4, -0.2) is 48.8 Å². The Hall–Kier alpha value is -3.35. The Labute approximate surface area is 189 Å². The molecule has 1 aliphatic rings. The van der Waals surface area contributed by atoms with Gasteiger partial charge >= 0.3 is 0 Å². The molecule has 3 amide bonds. The summed E-state index contributed by atoms with van der Waals surface area (Å²) in [6.45, 7) is 6.48. The number of hydrogen-bond acceptors (Lipinski definition) is 4. The predicted octanol–water partition coefficient (Wildman–Crippen LogP) is 3.75. The molecular formula is C25H32N4O3.